The first-order valence-corrected chi connectivity index (χ1v) is 11.0. The van der Waals surface area contributed by atoms with E-state index in [1.54, 1.807) is 13.8 Å². The van der Waals surface area contributed by atoms with E-state index in [-0.39, 0.29) is 25.2 Å². The second-order valence-corrected chi connectivity index (χ2v) is 9.82. The van der Waals surface area contributed by atoms with Gasteiger partial charge in [0.25, 0.3) is 27.7 Å². The van der Waals surface area contributed by atoms with Crippen LogP contribution >= 0.6 is 0 Å². The van der Waals surface area contributed by atoms with Crippen LogP contribution in [0.1, 0.15) is 27.2 Å². The number of amides is 2. The molecule has 4 heterocycles. The summed E-state index contributed by atoms with van der Waals surface area (Å²) < 4.78 is 43.7. The van der Waals surface area contributed by atoms with Gasteiger partial charge in [-0.3, -0.25) is 13.8 Å². The summed E-state index contributed by atoms with van der Waals surface area (Å²) in [5.74, 6) is -3.09. The van der Waals surface area contributed by atoms with Crippen LogP contribution in [0, 0.1) is 0 Å². The largest absolute Gasteiger partial charge is 0.384 e. The predicted molar refractivity (Wildman–Crippen MR) is 98.9 cm³/mol. The highest BCUT2D eigenvalue weighted by atomic mass is 32.2. The highest BCUT2D eigenvalue weighted by molar-refractivity contribution is 7.85. The minimum atomic E-state index is -3.75. The number of carbonyl (C=O) groups is 2. The number of rotatable bonds is 5. The van der Waals surface area contributed by atoms with Crippen LogP contribution in [0.2, 0.25) is 0 Å². The fourth-order valence-electron chi connectivity index (χ4n) is 3.74. The quantitative estimate of drug-likeness (QED) is 0.267. The van der Waals surface area contributed by atoms with Crippen molar-refractivity contribution in [3.8, 4) is 0 Å². The van der Waals surface area contributed by atoms with Crippen LogP contribution in [0.25, 0.3) is 0 Å². The number of fused-ring (bicyclic) bond motifs is 5. The Hall–Kier alpha value is -1.61. The molecule has 0 radical (unpaired) electrons. The molecule has 12 nitrogen and oxygen atoms in total. The summed E-state index contributed by atoms with van der Waals surface area (Å²) in [6.07, 6.45) is 0.296. The average Bonchev–Trinajstić information content (AvgIpc) is 2.89. The normalized spacial score (nSPS) is 38.7. The van der Waals surface area contributed by atoms with Crippen molar-refractivity contribution in [2.24, 2.45) is 0 Å². The maximum absolute atomic E-state index is 13.0. The van der Waals surface area contributed by atoms with Crippen molar-refractivity contribution in [2.75, 3.05) is 26.1 Å². The van der Waals surface area contributed by atoms with Gasteiger partial charge in [0, 0.05) is 0 Å². The van der Waals surface area contributed by atoms with Gasteiger partial charge in [-0.05, 0) is 32.8 Å². The summed E-state index contributed by atoms with van der Waals surface area (Å²) in [6.45, 7) is 4.07. The Morgan fingerprint density at radius 1 is 1.20 bits per heavy atom. The van der Waals surface area contributed by atoms with E-state index >= 15 is 0 Å². The van der Waals surface area contributed by atoms with Crippen molar-refractivity contribution >= 4 is 21.9 Å². The molecular weight excluding hydrogens is 424 g/mol. The number of ether oxygens (including phenoxy) is 3. The Bertz CT molecular complexity index is 887. The molecule has 0 aliphatic carbocycles. The van der Waals surface area contributed by atoms with Gasteiger partial charge in [0.15, 0.2) is 5.79 Å². The van der Waals surface area contributed by atoms with Crippen LogP contribution < -0.4 is 10.6 Å². The summed E-state index contributed by atoms with van der Waals surface area (Å²) in [5.41, 5.74) is -6.10. The Balaban J connectivity index is 1.90. The van der Waals surface area contributed by atoms with Crippen LogP contribution in [0.15, 0.2) is 11.6 Å². The van der Waals surface area contributed by atoms with Crippen LogP contribution in [-0.4, -0.2) is 85.5 Å². The average molecular weight is 450 g/mol. The summed E-state index contributed by atoms with van der Waals surface area (Å²) in [6, 6.07) is 0. The van der Waals surface area contributed by atoms with Crippen molar-refractivity contribution in [3.05, 3.63) is 11.6 Å². The van der Waals surface area contributed by atoms with Gasteiger partial charge in [0.2, 0.25) is 5.72 Å². The van der Waals surface area contributed by atoms with Gasteiger partial charge < -0.3 is 35.1 Å². The fourth-order valence-corrected chi connectivity index (χ4v) is 4.06. The van der Waals surface area contributed by atoms with Crippen molar-refractivity contribution in [1.82, 2.24) is 10.6 Å². The number of carbonyl (C=O) groups excluding carboxylic acids is 2. The van der Waals surface area contributed by atoms with Gasteiger partial charge in [-0.1, -0.05) is 6.08 Å². The molecule has 2 amide bonds. The van der Waals surface area contributed by atoms with Crippen LogP contribution in [-0.2, 0) is 38.1 Å². The van der Waals surface area contributed by atoms with Crippen molar-refractivity contribution in [3.63, 3.8) is 0 Å². The topological polar surface area (TPSA) is 170 Å². The zero-order valence-electron chi connectivity index (χ0n) is 17.1. The number of aliphatic hydroxyl groups excluding tert-OH is 1. The van der Waals surface area contributed by atoms with Gasteiger partial charge in [-0.15, -0.1) is 0 Å². The third kappa shape index (κ3) is 3.98. The molecule has 170 valence electrons. The second-order valence-electron chi connectivity index (χ2n) is 8.18. The molecule has 0 spiro atoms. The maximum atomic E-state index is 13.0. The Morgan fingerprint density at radius 2 is 1.87 bits per heavy atom. The lowest BCUT2D eigenvalue weighted by atomic mass is 9.84. The molecule has 4 fully saturated rings. The van der Waals surface area contributed by atoms with Crippen LogP contribution in [0.4, 0.5) is 0 Å². The first-order valence-electron chi connectivity index (χ1n) is 9.21. The molecule has 4 atom stereocenters. The summed E-state index contributed by atoms with van der Waals surface area (Å²) >= 11 is 0. The van der Waals surface area contributed by atoms with Gasteiger partial charge >= 0.3 is 0 Å². The minimum Gasteiger partial charge on any atom is -0.384 e. The van der Waals surface area contributed by atoms with Crippen molar-refractivity contribution in [1.29, 1.82) is 0 Å². The van der Waals surface area contributed by atoms with Gasteiger partial charge in [-0.2, -0.15) is 8.42 Å². The molecule has 0 aromatic rings. The molecule has 13 heteroatoms. The highest BCUT2D eigenvalue weighted by Crippen LogP contribution is 2.40. The standard InChI is InChI=1S/C17H26N2O10S/c1-14(2)27-9-15(3,29-14)11(20)17-13(22)18-16(23,12(21)19-17)10(5-7-26-17)6-8-28-30(4,24)25/h6,11,20,23H,5,7-9H2,1-4H3,(H,18,22)(H,19,21)/b10-6+/t11-,15+,16-,17+/m1/s1. The van der Waals surface area contributed by atoms with Crippen LogP contribution in [0.3, 0.4) is 0 Å². The Labute approximate surface area is 173 Å². The molecule has 4 rings (SSSR count). The summed E-state index contributed by atoms with van der Waals surface area (Å²) in [7, 11) is -3.75. The second kappa shape index (κ2) is 7.22. The molecule has 4 aliphatic heterocycles. The Morgan fingerprint density at radius 3 is 2.43 bits per heavy atom. The first-order chi connectivity index (χ1) is 13.6. The van der Waals surface area contributed by atoms with E-state index < -0.39 is 57.5 Å². The molecule has 0 unspecified atom stereocenters. The third-order valence-electron chi connectivity index (χ3n) is 5.19. The van der Waals surface area contributed by atoms with E-state index in [4.69, 9.17) is 14.2 Å². The van der Waals surface area contributed by atoms with E-state index in [1.165, 1.54) is 13.0 Å². The maximum Gasteiger partial charge on any atom is 0.280 e. The number of aliphatic hydroxyl groups is 2. The first kappa shape index (κ1) is 23.1. The lowest BCUT2D eigenvalue weighted by Crippen LogP contribution is -2.82. The molecule has 0 saturated carbocycles. The predicted octanol–water partition coefficient (Wildman–Crippen LogP) is -2.16. The zero-order valence-corrected chi connectivity index (χ0v) is 17.9. The fraction of sp³-hybridized carbons (Fsp3) is 0.765. The van der Waals surface area contributed by atoms with E-state index in [0.29, 0.717) is 0 Å². The van der Waals surface area contributed by atoms with Crippen molar-refractivity contribution in [2.45, 2.75) is 56.1 Å². The Kier molecular flexibility index (Phi) is 5.55. The highest BCUT2D eigenvalue weighted by Gasteiger charge is 2.65. The molecule has 4 N–H and O–H groups in total. The summed E-state index contributed by atoms with van der Waals surface area (Å²) in [4.78, 5) is 25.7. The van der Waals surface area contributed by atoms with Gasteiger partial charge in [0.05, 0.1) is 26.1 Å². The smallest absolute Gasteiger partial charge is 0.280 e. The number of piperazine rings is 1. The van der Waals surface area contributed by atoms with Crippen molar-refractivity contribution < 1.29 is 46.6 Å². The zero-order chi connectivity index (χ0) is 22.6. The number of nitrogens with one attached hydrogen (secondary N) is 2. The van der Waals surface area contributed by atoms with Gasteiger partial charge in [-0.25, -0.2) is 0 Å². The number of hydrogen-bond acceptors (Lipinski definition) is 10. The molecular formula is C17H26N2O10S. The minimum absolute atomic E-state index is 0.0208. The van der Waals surface area contributed by atoms with E-state index in [9.17, 15) is 28.2 Å². The summed E-state index contributed by atoms with van der Waals surface area (Å²) in [5, 5.41) is 26.3. The van der Waals surface area contributed by atoms with Crippen LogP contribution in [0.5, 0.6) is 0 Å². The molecule has 2 bridgehead atoms. The lowest BCUT2D eigenvalue weighted by Gasteiger charge is -2.50. The monoisotopic (exact) mass is 450 g/mol. The van der Waals surface area contributed by atoms with Gasteiger partial charge in [0.1, 0.15) is 11.7 Å². The molecule has 4 aliphatic rings. The molecule has 30 heavy (non-hydrogen) atoms. The lowest BCUT2D eigenvalue weighted by molar-refractivity contribution is -0.240. The molecule has 0 aromatic heterocycles. The molecule has 4 saturated heterocycles. The molecule has 0 aromatic carbocycles. The number of hydrogen-bond donors (Lipinski definition) is 4. The van der Waals surface area contributed by atoms with E-state index in [1.807, 2.05) is 0 Å². The SMILES string of the molecule is CC1(C)OC[C@@](C)([C@@H](O)[C@@]23NC(=O)[C@@](O)(NC2=O)/C(=C/COS(C)(=O)=O)CCO3)O1. The van der Waals surface area contributed by atoms with E-state index in [0.717, 1.165) is 6.26 Å². The third-order valence-corrected chi connectivity index (χ3v) is 5.75. The van der Waals surface area contributed by atoms with E-state index in [2.05, 4.69) is 14.8 Å².